The number of nitrogens with zero attached hydrogens (tertiary/aromatic N) is 2. The summed E-state index contributed by atoms with van der Waals surface area (Å²) >= 11 is 1.38. The first-order valence-corrected chi connectivity index (χ1v) is 10.6. The van der Waals surface area contributed by atoms with Crippen molar-refractivity contribution in [1.82, 2.24) is 15.0 Å². The van der Waals surface area contributed by atoms with Gasteiger partial charge in [-0.15, -0.1) is 0 Å². The molecule has 8 heteroatoms. The molecule has 0 saturated carbocycles. The molecule has 158 valence electrons. The zero-order valence-electron chi connectivity index (χ0n) is 17.6. The van der Waals surface area contributed by atoms with Gasteiger partial charge in [-0.1, -0.05) is 29.5 Å². The van der Waals surface area contributed by atoms with Crippen LogP contribution in [0.3, 0.4) is 0 Å². The van der Waals surface area contributed by atoms with E-state index in [1.807, 2.05) is 39.0 Å². The Morgan fingerprint density at radius 2 is 1.81 bits per heavy atom. The van der Waals surface area contributed by atoms with Crippen LogP contribution in [0.2, 0.25) is 0 Å². The van der Waals surface area contributed by atoms with Crippen molar-refractivity contribution in [3.63, 3.8) is 0 Å². The summed E-state index contributed by atoms with van der Waals surface area (Å²) in [6.45, 7) is 7.43. The summed E-state index contributed by atoms with van der Waals surface area (Å²) in [5.41, 5.74) is 5.10. The van der Waals surface area contributed by atoms with E-state index in [4.69, 9.17) is 4.74 Å². The lowest BCUT2D eigenvalue weighted by Gasteiger charge is -2.12. The van der Waals surface area contributed by atoms with Crippen LogP contribution in [-0.2, 0) is 9.53 Å². The van der Waals surface area contributed by atoms with E-state index in [2.05, 4.69) is 20.3 Å². The van der Waals surface area contributed by atoms with Crippen molar-refractivity contribution in [3.05, 3.63) is 65.0 Å². The van der Waals surface area contributed by atoms with Gasteiger partial charge < -0.3 is 9.72 Å². The van der Waals surface area contributed by atoms with E-state index in [9.17, 15) is 9.59 Å². The molecule has 0 saturated heterocycles. The first-order chi connectivity index (χ1) is 14.8. The number of anilines is 1. The van der Waals surface area contributed by atoms with Crippen LogP contribution in [-0.4, -0.2) is 32.9 Å². The van der Waals surface area contributed by atoms with Crippen LogP contribution < -0.4 is 5.32 Å². The van der Waals surface area contributed by atoms with Gasteiger partial charge in [-0.2, -0.15) is 0 Å². The van der Waals surface area contributed by atoms with E-state index in [0.717, 1.165) is 38.6 Å². The lowest BCUT2D eigenvalue weighted by molar-refractivity contribution is -0.123. The minimum absolute atomic E-state index is 0.360. The molecule has 2 aromatic carbocycles. The van der Waals surface area contributed by atoms with Gasteiger partial charge >= 0.3 is 5.97 Å². The SMILES string of the molecule is Cc1ccc2nc(NC(=O)C(C)OC(=O)c3ccc(-c4nc(C)c(C)[nH]4)cc3)sc2c1. The van der Waals surface area contributed by atoms with Gasteiger partial charge in [0.15, 0.2) is 11.2 Å². The smallest absolute Gasteiger partial charge is 0.338 e. The Bertz CT molecular complexity index is 1250. The molecule has 0 fully saturated rings. The van der Waals surface area contributed by atoms with Crippen molar-refractivity contribution >= 4 is 38.6 Å². The summed E-state index contributed by atoms with van der Waals surface area (Å²) < 4.78 is 6.32. The molecule has 0 aliphatic heterocycles. The highest BCUT2D eigenvalue weighted by Crippen LogP contribution is 2.27. The zero-order chi connectivity index (χ0) is 22.1. The predicted molar refractivity (Wildman–Crippen MR) is 121 cm³/mol. The highest BCUT2D eigenvalue weighted by molar-refractivity contribution is 7.22. The highest BCUT2D eigenvalue weighted by atomic mass is 32.1. The lowest BCUT2D eigenvalue weighted by atomic mass is 10.1. The number of benzene rings is 2. The van der Waals surface area contributed by atoms with Gasteiger partial charge in [0.2, 0.25) is 0 Å². The zero-order valence-corrected chi connectivity index (χ0v) is 18.5. The summed E-state index contributed by atoms with van der Waals surface area (Å²) in [6.07, 6.45) is -0.962. The Hall–Kier alpha value is -3.52. The van der Waals surface area contributed by atoms with Gasteiger partial charge in [0, 0.05) is 11.3 Å². The fraction of sp³-hybridized carbons (Fsp3) is 0.217. The summed E-state index contributed by atoms with van der Waals surface area (Å²) in [5, 5.41) is 3.20. The third kappa shape index (κ3) is 4.49. The van der Waals surface area contributed by atoms with Crippen molar-refractivity contribution in [2.75, 3.05) is 5.32 Å². The number of nitrogens with one attached hydrogen (secondary N) is 2. The molecule has 2 aromatic heterocycles. The maximum Gasteiger partial charge on any atom is 0.338 e. The highest BCUT2D eigenvalue weighted by Gasteiger charge is 2.20. The second kappa shape index (κ2) is 8.31. The number of aromatic nitrogens is 3. The predicted octanol–water partition coefficient (Wildman–Crippen LogP) is 4.80. The number of esters is 1. The minimum Gasteiger partial charge on any atom is -0.449 e. The van der Waals surface area contributed by atoms with E-state index in [0.29, 0.717) is 10.7 Å². The number of imidazole rings is 1. The third-order valence-corrected chi connectivity index (χ3v) is 5.88. The number of carbonyl (C=O) groups is 2. The number of amides is 1. The maximum absolute atomic E-state index is 12.5. The largest absolute Gasteiger partial charge is 0.449 e. The molecule has 0 bridgehead atoms. The monoisotopic (exact) mass is 434 g/mol. The number of hydrogen-bond donors (Lipinski definition) is 2. The van der Waals surface area contributed by atoms with E-state index >= 15 is 0 Å². The second-order valence-electron chi connectivity index (χ2n) is 7.40. The Balaban J connectivity index is 1.39. The molecule has 0 aliphatic rings. The van der Waals surface area contributed by atoms with Gasteiger partial charge in [0.1, 0.15) is 5.82 Å². The quantitative estimate of drug-likeness (QED) is 0.440. The number of H-pyrrole nitrogens is 1. The minimum atomic E-state index is -0.962. The molecule has 31 heavy (non-hydrogen) atoms. The Labute approximate surface area is 183 Å². The van der Waals surface area contributed by atoms with E-state index in [1.54, 1.807) is 24.3 Å². The van der Waals surface area contributed by atoms with Crippen molar-refractivity contribution < 1.29 is 14.3 Å². The van der Waals surface area contributed by atoms with Crippen molar-refractivity contribution in [2.24, 2.45) is 0 Å². The Morgan fingerprint density at radius 3 is 2.48 bits per heavy atom. The molecule has 7 nitrogen and oxygen atoms in total. The standard InChI is InChI=1S/C23H22N4O3S/c1-12-5-10-18-19(11-12)31-23(26-18)27-21(28)15(4)30-22(29)17-8-6-16(7-9-17)20-24-13(2)14(3)25-20/h5-11,15H,1-4H3,(H,24,25)(H,26,27,28). The van der Waals surface area contributed by atoms with Crippen molar-refractivity contribution in [1.29, 1.82) is 0 Å². The van der Waals surface area contributed by atoms with Crippen LogP contribution in [0.25, 0.3) is 21.6 Å². The Kier molecular flexibility index (Phi) is 5.56. The number of aromatic amines is 1. The van der Waals surface area contributed by atoms with E-state index in [1.165, 1.54) is 18.3 Å². The first kappa shape index (κ1) is 20.7. The summed E-state index contributed by atoms with van der Waals surface area (Å²) in [5.74, 6) is -0.253. The molecule has 1 amide bonds. The van der Waals surface area contributed by atoms with Crippen LogP contribution in [0.4, 0.5) is 5.13 Å². The number of rotatable bonds is 5. The molecule has 1 atom stereocenters. The number of fused-ring (bicyclic) bond motifs is 1. The van der Waals surface area contributed by atoms with Crippen LogP contribution >= 0.6 is 11.3 Å². The molecule has 2 N–H and O–H groups in total. The summed E-state index contributed by atoms with van der Waals surface area (Å²) in [7, 11) is 0. The van der Waals surface area contributed by atoms with Gasteiger partial charge in [-0.3, -0.25) is 10.1 Å². The molecule has 4 aromatic rings. The van der Waals surface area contributed by atoms with Crippen LogP contribution in [0, 0.1) is 20.8 Å². The number of carbonyl (C=O) groups excluding carboxylic acids is 2. The van der Waals surface area contributed by atoms with Crippen LogP contribution in [0.5, 0.6) is 0 Å². The van der Waals surface area contributed by atoms with Crippen LogP contribution in [0.1, 0.15) is 34.2 Å². The Morgan fingerprint density at radius 1 is 1.06 bits per heavy atom. The van der Waals surface area contributed by atoms with Gasteiger partial charge in [0.25, 0.3) is 5.91 Å². The van der Waals surface area contributed by atoms with E-state index in [-0.39, 0.29) is 0 Å². The average molecular weight is 435 g/mol. The van der Waals surface area contributed by atoms with Gasteiger partial charge in [-0.05, 0) is 57.5 Å². The molecular weight excluding hydrogens is 412 g/mol. The fourth-order valence-corrected chi connectivity index (χ4v) is 3.99. The molecule has 0 radical (unpaired) electrons. The molecule has 0 spiro atoms. The number of hydrogen-bond acceptors (Lipinski definition) is 6. The number of ether oxygens (including phenoxy) is 1. The maximum atomic E-state index is 12.5. The average Bonchev–Trinajstić information content (AvgIpc) is 3.29. The van der Waals surface area contributed by atoms with Gasteiger partial charge in [-0.25, -0.2) is 14.8 Å². The number of aryl methyl sites for hydroxylation is 3. The van der Waals surface area contributed by atoms with Crippen LogP contribution in [0.15, 0.2) is 42.5 Å². The molecule has 4 rings (SSSR count). The van der Waals surface area contributed by atoms with Crippen molar-refractivity contribution in [3.8, 4) is 11.4 Å². The molecule has 2 heterocycles. The van der Waals surface area contributed by atoms with Crippen molar-refractivity contribution in [2.45, 2.75) is 33.8 Å². The topological polar surface area (TPSA) is 97.0 Å². The first-order valence-electron chi connectivity index (χ1n) is 9.83. The molecule has 0 aliphatic carbocycles. The third-order valence-electron chi connectivity index (χ3n) is 4.95. The summed E-state index contributed by atoms with van der Waals surface area (Å²) in [4.78, 5) is 37.0. The van der Waals surface area contributed by atoms with Gasteiger partial charge in [0.05, 0.1) is 21.5 Å². The normalized spacial score (nSPS) is 12.0. The lowest BCUT2D eigenvalue weighted by Crippen LogP contribution is -2.29. The van der Waals surface area contributed by atoms with E-state index < -0.39 is 18.0 Å². The fourth-order valence-electron chi connectivity index (χ4n) is 3.02. The molecular formula is C23H22N4O3S. The summed E-state index contributed by atoms with van der Waals surface area (Å²) in [6, 6.07) is 12.8. The number of thiazole rings is 1. The molecule has 1 unspecified atom stereocenters. The second-order valence-corrected chi connectivity index (χ2v) is 8.43.